The van der Waals surface area contributed by atoms with Gasteiger partial charge in [0, 0.05) is 17.7 Å². The third-order valence-electron chi connectivity index (χ3n) is 6.42. The van der Waals surface area contributed by atoms with E-state index in [2.05, 4.69) is 29.1 Å². The lowest BCUT2D eigenvalue weighted by molar-refractivity contribution is -0.140. The van der Waals surface area contributed by atoms with Crippen molar-refractivity contribution in [2.75, 3.05) is 13.7 Å². The second-order valence-electron chi connectivity index (χ2n) is 11.7. The summed E-state index contributed by atoms with van der Waals surface area (Å²) >= 11 is 0. The van der Waals surface area contributed by atoms with E-state index in [0.717, 1.165) is 17.7 Å². The summed E-state index contributed by atoms with van der Waals surface area (Å²) in [5.74, 6) is 0.113. The largest absolute Gasteiger partial charge is 0.486 e. The second-order valence-corrected chi connectivity index (χ2v) is 11.7. The number of oxime groups is 1. The van der Waals surface area contributed by atoms with Crippen LogP contribution in [0.5, 0.6) is 5.75 Å². The third-order valence-corrected chi connectivity index (χ3v) is 6.42. The lowest BCUT2D eigenvalue weighted by Gasteiger charge is -2.22. The highest BCUT2D eigenvalue weighted by Crippen LogP contribution is 2.34. The van der Waals surface area contributed by atoms with Crippen LogP contribution < -0.4 is 10.1 Å². The zero-order chi connectivity index (χ0) is 32.5. The minimum atomic E-state index is -4.43. The molecule has 0 saturated heterocycles. The Morgan fingerprint density at radius 1 is 0.955 bits per heavy atom. The van der Waals surface area contributed by atoms with Crippen LogP contribution in [0, 0.1) is 5.92 Å². The predicted molar refractivity (Wildman–Crippen MR) is 164 cm³/mol. The van der Waals surface area contributed by atoms with Gasteiger partial charge in [0.05, 0.1) is 25.3 Å². The molecule has 0 radical (unpaired) electrons. The molecule has 0 aliphatic carbocycles. The molecule has 1 unspecified atom stereocenters. The highest BCUT2D eigenvalue weighted by molar-refractivity contribution is 5.94. The van der Waals surface area contributed by atoms with E-state index in [9.17, 15) is 22.8 Å². The van der Waals surface area contributed by atoms with Crippen LogP contribution in [0.4, 0.5) is 13.2 Å². The van der Waals surface area contributed by atoms with Crippen LogP contribution in [-0.2, 0) is 20.5 Å². The molecule has 236 valence electrons. The van der Waals surface area contributed by atoms with Crippen molar-refractivity contribution < 1.29 is 37.1 Å². The van der Waals surface area contributed by atoms with Crippen molar-refractivity contribution in [3.8, 4) is 16.9 Å². The molecular weight excluding hydrogens is 573 g/mol. The zero-order valence-corrected chi connectivity index (χ0v) is 25.8. The van der Waals surface area contributed by atoms with Gasteiger partial charge in [0.15, 0.2) is 0 Å². The standard InChI is InChI=1S/C34H39F3N2O5/c1-22(2)19-30(24-7-9-25(10-8-24)32(41)38-18-17-31(40)42-6)43-28-15-16-29(26(20-28)21-39-44-33(3,4)5)23-11-13-27(14-12-23)34(35,36)37/h7-16,20-22,30H,17-19H2,1-6H3,(H,38,41). The van der Waals surface area contributed by atoms with Gasteiger partial charge in [-0.3, -0.25) is 9.59 Å². The fourth-order valence-corrected chi connectivity index (χ4v) is 4.24. The van der Waals surface area contributed by atoms with Crippen LogP contribution in [0.25, 0.3) is 11.1 Å². The van der Waals surface area contributed by atoms with Crippen LogP contribution in [0.2, 0.25) is 0 Å². The van der Waals surface area contributed by atoms with E-state index in [1.807, 2.05) is 32.9 Å². The minimum Gasteiger partial charge on any atom is -0.486 e. The Morgan fingerprint density at radius 3 is 2.18 bits per heavy atom. The second kappa shape index (κ2) is 14.9. The van der Waals surface area contributed by atoms with Crippen molar-refractivity contribution >= 4 is 18.1 Å². The van der Waals surface area contributed by atoms with Crippen molar-refractivity contribution in [2.45, 2.75) is 65.3 Å². The van der Waals surface area contributed by atoms with Gasteiger partial charge in [0.25, 0.3) is 5.91 Å². The summed E-state index contributed by atoms with van der Waals surface area (Å²) in [5.41, 5.74) is 1.90. The van der Waals surface area contributed by atoms with Gasteiger partial charge in [0.2, 0.25) is 0 Å². The number of alkyl halides is 3. The summed E-state index contributed by atoms with van der Waals surface area (Å²) in [7, 11) is 1.29. The van der Waals surface area contributed by atoms with E-state index in [1.54, 1.807) is 30.3 Å². The number of hydrogen-bond acceptors (Lipinski definition) is 6. The first-order valence-corrected chi connectivity index (χ1v) is 14.3. The summed E-state index contributed by atoms with van der Waals surface area (Å²) in [4.78, 5) is 29.3. The number of rotatable bonds is 12. The van der Waals surface area contributed by atoms with Crippen LogP contribution >= 0.6 is 0 Å². The number of nitrogens with zero attached hydrogens (tertiary/aromatic N) is 1. The molecule has 0 saturated carbocycles. The average Bonchev–Trinajstić information content (AvgIpc) is 2.95. The highest BCUT2D eigenvalue weighted by Gasteiger charge is 2.30. The van der Waals surface area contributed by atoms with Gasteiger partial charge >= 0.3 is 12.1 Å². The number of halogens is 3. The Bertz CT molecular complexity index is 1430. The van der Waals surface area contributed by atoms with E-state index in [1.165, 1.54) is 25.5 Å². The Morgan fingerprint density at radius 2 is 1.61 bits per heavy atom. The highest BCUT2D eigenvalue weighted by atomic mass is 19.4. The summed E-state index contributed by atoms with van der Waals surface area (Å²) in [5, 5.41) is 6.82. The molecule has 7 nitrogen and oxygen atoms in total. The molecule has 3 rings (SSSR count). The number of amides is 1. The van der Waals surface area contributed by atoms with Crippen LogP contribution in [-0.4, -0.2) is 37.3 Å². The Balaban J connectivity index is 1.88. The first-order chi connectivity index (χ1) is 20.7. The fourth-order valence-electron chi connectivity index (χ4n) is 4.24. The normalized spacial score (nSPS) is 12.7. The van der Waals surface area contributed by atoms with Gasteiger partial charge in [-0.25, -0.2) is 0 Å². The SMILES string of the molecule is COC(=O)CCNC(=O)c1ccc(C(CC(C)C)Oc2ccc(-c3ccc(C(F)(F)F)cc3)c(C=NOC(C)(C)C)c2)cc1. The summed E-state index contributed by atoms with van der Waals surface area (Å²) in [6, 6.07) is 17.3. The molecule has 0 aliphatic heterocycles. The maximum atomic E-state index is 13.1. The number of esters is 1. The van der Waals surface area contributed by atoms with E-state index in [4.69, 9.17) is 9.57 Å². The molecule has 0 heterocycles. The average molecular weight is 613 g/mol. The smallest absolute Gasteiger partial charge is 0.416 e. The molecule has 0 aromatic heterocycles. The zero-order valence-electron chi connectivity index (χ0n) is 25.8. The van der Waals surface area contributed by atoms with E-state index in [-0.39, 0.29) is 30.9 Å². The van der Waals surface area contributed by atoms with Gasteiger partial charge < -0.3 is 19.6 Å². The summed E-state index contributed by atoms with van der Waals surface area (Å²) in [6.45, 7) is 9.89. The quantitative estimate of drug-likeness (QED) is 0.127. The predicted octanol–water partition coefficient (Wildman–Crippen LogP) is 7.98. The molecule has 1 amide bonds. The number of methoxy groups -OCH3 is 1. The van der Waals surface area contributed by atoms with Gasteiger partial charge in [-0.2, -0.15) is 13.2 Å². The Kier molecular flexibility index (Phi) is 11.6. The number of carbonyl (C=O) groups excluding carboxylic acids is 2. The van der Waals surface area contributed by atoms with Crippen molar-refractivity contribution in [3.63, 3.8) is 0 Å². The number of ether oxygens (including phenoxy) is 2. The molecule has 1 atom stereocenters. The topological polar surface area (TPSA) is 86.2 Å². The van der Waals surface area contributed by atoms with Crippen molar-refractivity contribution in [3.05, 3.63) is 89.0 Å². The molecule has 1 N–H and O–H groups in total. The van der Waals surface area contributed by atoms with Crippen molar-refractivity contribution in [2.24, 2.45) is 11.1 Å². The molecule has 0 spiro atoms. The molecule has 0 aliphatic rings. The van der Waals surface area contributed by atoms with Gasteiger partial charge in [-0.1, -0.05) is 49.3 Å². The van der Waals surface area contributed by atoms with Crippen molar-refractivity contribution in [1.29, 1.82) is 0 Å². The number of carbonyl (C=O) groups is 2. The molecule has 0 fully saturated rings. The molecular formula is C34H39F3N2O5. The number of hydrogen-bond donors (Lipinski definition) is 1. The number of benzene rings is 3. The summed E-state index contributed by atoms with van der Waals surface area (Å²) in [6.07, 6.45) is -2.49. The maximum absolute atomic E-state index is 13.1. The van der Waals surface area contributed by atoms with E-state index >= 15 is 0 Å². The van der Waals surface area contributed by atoms with Gasteiger partial charge in [-0.05, 0) is 86.2 Å². The van der Waals surface area contributed by atoms with Gasteiger partial charge in [-0.15, -0.1) is 0 Å². The fraction of sp³-hybridized carbons (Fsp3) is 0.382. The number of nitrogens with one attached hydrogen (secondary N) is 1. The maximum Gasteiger partial charge on any atom is 0.416 e. The Labute approximate surface area is 256 Å². The lowest BCUT2D eigenvalue weighted by Crippen LogP contribution is -2.26. The Hall–Kier alpha value is -4.34. The van der Waals surface area contributed by atoms with Crippen molar-refractivity contribution in [1.82, 2.24) is 5.32 Å². The first-order valence-electron chi connectivity index (χ1n) is 14.3. The van der Waals surface area contributed by atoms with Crippen LogP contribution in [0.15, 0.2) is 71.9 Å². The molecule has 3 aromatic carbocycles. The van der Waals surface area contributed by atoms with Crippen LogP contribution in [0.1, 0.15) is 80.6 Å². The monoisotopic (exact) mass is 612 g/mol. The summed E-state index contributed by atoms with van der Waals surface area (Å²) < 4.78 is 50.5. The molecule has 10 heteroatoms. The van der Waals surface area contributed by atoms with Gasteiger partial charge in [0.1, 0.15) is 17.5 Å². The molecule has 0 bridgehead atoms. The minimum absolute atomic E-state index is 0.0807. The lowest BCUT2D eigenvalue weighted by atomic mass is 9.97. The van der Waals surface area contributed by atoms with Crippen LogP contribution in [0.3, 0.4) is 0 Å². The first kappa shape index (κ1) is 34.2. The molecule has 44 heavy (non-hydrogen) atoms. The third kappa shape index (κ3) is 10.4. The molecule has 3 aromatic rings. The van der Waals surface area contributed by atoms with E-state index < -0.39 is 23.3 Å². The van der Waals surface area contributed by atoms with E-state index in [0.29, 0.717) is 34.4 Å².